The molecule has 0 fully saturated rings. The number of benzene rings is 3. The summed E-state index contributed by atoms with van der Waals surface area (Å²) in [6, 6.07) is 13.8. The highest BCUT2D eigenvalue weighted by Gasteiger charge is 2.17. The van der Waals surface area contributed by atoms with Crippen molar-refractivity contribution in [2.45, 2.75) is 6.92 Å². The molecule has 0 bridgehead atoms. The lowest BCUT2D eigenvalue weighted by molar-refractivity contribution is -0.385. The Labute approximate surface area is 209 Å². The minimum atomic E-state index is -0.740. The van der Waals surface area contributed by atoms with Crippen molar-refractivity contribution in [2.75, 3.05) is 13.7 Å². The summed E-state index contributed by atoms with van der Waals surface area (Å²) in [5.74, 6) is -1.14. The highest BCUT2D eigenvalue weighted by atomic mass is 16.6. The maximum Gasteiger partial charge on any atom is 0.343 e. The van der Waals surface area contributed by atoms with Crippen LogP contribution in [0.2, 0.25) is 0 Å². The van der Waals surface area contributed by atoms with E-state index in [0.717, 1.165) is 0 Å². The zero-order valence-electron chi connectivity index (χ0n) is 19.6. The molecule has 1 amide bonds. The van der Waals surface area contributed by atoms with Gasteiger partial charge in [0.05, 0.1) is 28.7 Å². The zero-order valence-corrected chi connectivity index (χ0v) is 19.6. The Kier molecular flexibility index (Phi) is 8.44. The average molecular weight is 508 g/mol. The molecule has 0 unspecified atom stereocenters. The van der Waals surface area contributed by atoms with Crippen molar-refractivity contribution in [3.8, 4) is 17.2 Å². The van der Waals surface area contributed by atoms with Crippen molar-refractivity contribution < 1.29 is 33.6 Å². The van der Waals surface area contributed by atoms with Gasteiger partial charge in [0.2, 0.25) is 0 Å². The molecule has 3 rings (SSSR count). The lowest BCUT2D eigenvalue weighted by atomic mass is 10.2. The van der Waals surface area contributed by atoms with Gasteiger partial charge in [0.25, 0.3) is 11.6 Å². The third kappa shape index (κ3) is 7.08. The number of hydrogen-bond donors (Lipinski definition) is 1. The van der Waals surface area contributed by atoms with Crippen LogP contribution in [0.25, 0.3) is 0 Å². The summed E-state index contributed by atoms with van der Waals surface area (Å²) < 4.78 is 15.8. The minimum absolute atomic E-state index is 0.0432. The molecule has 13 nitrogen and oxygen atoms in total. The van der Waals surface area contributed by atoms with Crippen LogP contribution in [0, 0.1) is 27.2 Å². The highest BCUT2D eigenvalue weighted by molar-refractivity contribution is 5.92. The van der Waals surface area contributed by atoms with E-state index in [-0.39, 0.29) is 34.2 Å². The van der Waals surface area contributed by atoms with Crippen molar-refractivity contribution in [1.82, 2.24) is 5.43 Å². The first-order valence-corrected chi connectivity index (χ1v) is 10.5. The third-order valence-corrected chi connectivity index (χ3v) is 4.78. The van der Waals surface area contributed by atoms with Gasteiger partial charge >= 0.3 is 11.7 Å². The Bertz CT molecular complexity index is 1370. The average Bonchev–Trinajstić information content (AvgIpc) is 2.88. The van der Waals surface area contributed by atoms with Gasteiger partial charge in [-0.05, 0) is 54.4 Å². The number of nitro benzene ring substituents is 2. The number of nitrogens with one attached hydrogen (secondary N) is 1. The van der Waals surface area contributed by atoms with Gasteiger partial charge in [0, 0.05) is 18.2 Å². The molecule has 3 aromatic carbocycles. The monoisotopic (exact) mass is 508 g/mol. The summed E-state index contributed by atoms with van der Waals surface area (Å²) in [5, 5.41) is 25.7. The summed E-state index contributed by atoms with van der Waals surface area (Å²) in [6.07, 6.45) is 1.30. The SMILES string of the molecule is COc1cc(/C=N/NC(=O)COc2ccc(C)cc2[N+](=O)[O-])ccc1OC(=O)c1ccc([N+](=O)[O-])cc1. The second-order valence-corrected chi connectivity index (χ2v) is 7.41. The van der Waals surface area contributed by atoms with Crippen LogP contribution in [0.1, 0.15) is 21.5 Å². The van der Waals surface area contributed by atoms with E-state index in [0.29, 0.717) is 11.1 Å². The molecule has 190 valence electrons. The second-order valence-electron chi connectivity index (χ2n) is 7.41. The van der Waals surface area contributed by atoms with Gasteiger partial charge < -0.3 is 14.2 Å². The molecule has 0 saturated heterocycles. The fraction of sp³-hybridized carbons (Fsp3) is 0.125. The molecule has 0 radical (unpaired) electrons. The van der Waals surface area contributed by atoms with Crippen LogP contribution in [0.4, 0.5) is 11.4 Å². The number of nitro groups is 2. The van der Waals surface area contributed by atoms with Crippen molar-refractivity contribution in [3.63, 3.8) is 0 Å². The van der Waals surface area contributed by atoms with Gasteiger partial charge in [0.1, 0.15) is 0 Å². The Morgan fingerprint density at radius 2 is 1.65 bits per heavy atom. The third-order valence-electron chi connectivity index (χ3n) is 4.78. The molecule has 0 aliphatic rings. The standard InChI is InChI=1S/C24H20N4O9/c1-15-3-9-20(19(11-15)28(33)34)36-14-23(29)26-25-13-16-4-10-21(22(12-16)35-2)37-24(30)17-5-7-18(8-6-17)27(31)32/h3-13H,14H2,1-2H3,(H,26,29)/b25-13+. The van der Waals surface area contributed by atoms with Crippen LogP contribution in [0.3, 0.4) is 0 Å². The van der Waals surface area contributed by atoms with Gasteiger partial charge in [-0.1, -0.05) is 6.07 Å². The zero-order chi connectivity index (χ0) is 26.9. The number of carbonyl (C=O) groups excluding carboxylic acids is 2. The van der Waals surface area contributed by atoms with Gasteiger partial charge in [-0.3, -0.25) is 25.0 Å². The number of amides is 1. The molecule has 0 heterocycles. The number of hydrazone groups is 1. The molecule has 13 heteroatoms. The quantitative estimate of drug-likeness (QED) is 0.141. The van der Waals surface area contributed by atoms with Crippen molar-refractivity contribution in [1.29, 1.82) is 0 Å². The first-order valence-electron chi connectivity index (χ1n) is 10.5. The summed E-state index contributed by atoms with van der Waals surface area (Å²) in [4.78, 5) is 45.1. The van der Waals surface area contributed by atoms with Gasteiger partial charge in [-0.15, -0.1) is 0 Å². The number of non-ortho nitro benzene ring substituents is 1. The molecule has 0 aliphatic carbocycles. The first-order chi connectivity index (χ1) is 17.7. The number of ether oxygens (including phenoxy) is 3. The molecule has 1 N–H and O–H groups in total. The largest absolute Gasteiger partial charge is 0.493 e. The Hall–Kier alpha value is -5.33. The summed E-state index contributed by atoms with van der Waals surface area (Å²) in [7, 11) is 1.36. The van der Waals surface area contributed by atoms with Crippen LogP contribution >= 0.6 is 0 Å². The molecule has 3 aromatic rings. The van der Waals surface area contributed by atoms with Crippen LogP contribution < -0.4 is 19.6 Å². The molecule has 0 aliphatic heterocycles. The molecule has 0 spiro atoms. The lowest BCUT2D eigenvalue weighted by Crippen LogP contribution is -2.24. The predicted octanol–water partition coefficient (Wildman–Crippen LogP) is 3.57. The molecular weight excluding hydrogens is 488 g/mol. The van der Waals surface area contributed by atoms with Gasteiger partial charge in [-0.2, -0.15) is 5.10 Å². The number of nitrogens with zero attached hydrogens (tertiary/aromatic N) is 3. The fourth-order valence-electron chi connectivity index (χ4n) is 2.97. The van der Waals surface area contributed by atoms with E-state index in [1.807, 2.05) is 0 Å². The van der Waals surface area contributed by atoms with Crippen LogP contribution in [0.5, 0.6) is 17.2 Å². The number of aryl methyl sites for hydroxylation is 1. The normalized spacial score (nSPS) is 10.5. The van der Waals surface area contributed by atoms with E-state index in [9.17, 15) is 29.8 Å². The minimum Gasteiger partial charge on any atom is -0.493 e. The van der Waals surface area contributed by atoms with E-state index in [2.05, 4.69) is 10.5 Å². The van der Waals surface area contributed by atoms with Crippen LogP contribution in [-0.4, -0.2) is 41.7 Å². The molecule has 37 heavy (non-hydrogen) atoms. The number of rotatable bonds is 10. The Balaban J connectivity index is 1.58. The first kappa shape index (κ1) is 26.3. The summed E-state index contributed by atoms with van der Waals surface area (Å²) in [5.41, 5.74) is 3.11. The van der Waals surface area contributed by atoms with E-state index < -0.39 is 28.3 Å². The van der Waals surface area contributed by atoms with E-state index >= 15 is 0 Å². The summed E-state index contributed by atoms with van der Waals surface area (Å²) in [6.45, 7) is 1.20. The van der Waals surface area contributed by atoms with E-state index in [1.165, 1.54) is 61.9 Å². The van der Waals surface area contributed by atoms with Crippen molar-refractivity contribution >= 4 is 29.5 Å². The lowest BCUT2D eigenvalue weighted by Gasteiger charge is -2.10. The van der Waals surface area contributed by atoms with E-state index in [4.69, 9.17) is 14.2 Å². The maximum absolute atomic E-state index is 12.4. The van der Waals surface area contributed by atoms with Crippen LogP contribution in [0.15, 0.2) is 65.8 Å². The topological polar surface area (TPSA) is 172 Å². The van der Waals surface area contributed by atoms with Crippen molar-refractivity contribution in [3.05, 3.63) is 97.6 Å². The predicted molar refractivity (Wildman–Crippen MR) is 130 cm³/mol. The number of esters is 1. The Morgan fingerprint density at radius 1 is 0.946 bits per heavy atom. The maximum atomic E-state index is 12.4. The Morgan fingerprint density at radius 3 is 2.30 bits per heavy atom. The molecule has 0 atom stereocenters. The smallest absolute Gasteiger partial charge is 0.343 e. The fourth-order valence-corrected chi connectivity index (χ4v) is 2.97. The highest BCUT2D eigenvalue weighted by Crippen LogP contribution is 2.29. The number of carbonyl (C=O) groups is 2. The van der Waals surface area contributed by atoms with Gasteiger partial charge in [0.15, 0.2) is 23.9 Å². The molecule has 0 saturated carbocycles. The number of hydrogen-bond acceptors (Lipinski definition) is 10. The van der Waals surface area contributed by atoms with Crippen LogP contribution in [-0.2, 0) is 4.79 Å². The second kappa shape index (κ2) is 11.9. The van der Waals surface area contributed by atoms with E-state index in [1.54, 1.807) is 19.1 Å². The summed E-state index contributed by atoms with van der Waals surface area (Å²) >= 11 is 0. The molecule has 0 aromatic heterocycles. The van der Waals surface area contributed by atoms with Crippen molar-refractivity contribution in [2.24, 2.45) is 5.10 Å². The number of methoxy groups -OCH3 is 1. The van der Waals surface area contributed by atoms with Gasteiger partial charge in [-0.25, -0.2) is 10.2 Å². The molecular formula is C24H20N4O9.